The van der Waals surface area contributed by atoms with Crippen molar-refractivity contribution in [2.45, 2.75) is 51.1 Å². The quantitative estimate of drug-likeness (QED) is 0.499. The number of fused-ring (bicyclic) bond motifs is 1. The minimum absolute atomic E-state index is 0.0580. The van der Waals surface area contributed by atoms with Gasteiger partial charge in [0.15, 0.2) is 0 Å². The van der Waals surface area contributed by atoms with Crippen LogP contribution >= 0.6 is 0 Å². The van der Waals surface area contributed by atoms with E-state index in [9.17, 15) is 13.2 Å². The van der Waals surface area contributed by atoms with E-state index >= 15 is 0 Å². The summed E-state index contributed by atoms with van der Waals surface area (Å²) in [5.74, 6) is 0.484. The predicted molar refractivity (Wildman–Crippen MR) is 129 cm³/mol. The van der Waals surface area contributed by atoms with E-state index < -0.39 is 10.0 Å². The van der Waals surface area contributed by atoms with Crippen LogP contribution < -0.4 is 10.1 Å². The van der Waals surface area contributed by atoms with Gasteiger partial charge in [-0.05, 0) is 50.5 Å². The molecule has 9 nitrogen and oxygen atoms in total. The van der Waals surface area contributed by atoms with Crippen LogP contribution in [-0.2, 0) is 27.9 Å². The number of carbonyl (C=O) groups is 1. The molecule has 34 heavy (non-hydrogen) atoms. The van der Waals surface area contributed by atoms with Gasteiger partial charge >= 0.3 is 0 Å². The molecule has 1 saturated heterocycles. The van der Waals surface area contributed by atoms with Gasteiger partial charge in [0.25, 0.3) is 0 Å². The number of carbonyl (C=O) groups excluding carboxylic acids is 1. The summed E-state index contributed by atoms with van der Waals surface area (Å²) in [6.45, 7) is 6.25. The maximum absolute atomic E-state index is 13.2. The van der Waals surface area contributed by atoms with E-state index in [-0.39, 0.29) is 16.7 Å². The third-order valence-corrected chi connectivity index (χ3v) is 8.00. The van der Waals surface area contributed by atoms with Gasteiger partial charge < -0.3 is 10.1 Å². The number of sulfonamides is 1. The summed E-state index contributed by atoms with van der Waals surface area (Å²) in [5, 5.41) is 11.2. The lowest BCUT2D eigenvalue weighted by Crippen LogP contribution is -2.42. The summed E-state index contributed by atoms with van der Waals surface area (Å²) >= 11 is 0. The largest absolute Gasteiger partial charge is 0.494 e. The van der Waals surface area contributed by atoms with E-state index in [2.05, 4.69) is 22.6 Å². The molecule has 1 aliphatic heterocycles. The van der Waals surface area contributed by atoms with E-state index in [1.54, 1.807) is 22.9 Å². The Kier molecular flexibility index (Phi) is 7.47. The third kappa shape index (κ3) is 5.07. The maximum atomic E-state index is 13.2. The number of hydrogen-bond donors (Lipinski definition) is 1. The molecule has 0 unspecified atom stereocenters. The second-order valence-corrected chi connectivity index (χ2v) is 10.3. The fourth-order valence-corrected chi connectivity index (χ4v) is 5.76. The van der Waals surface area contributed by atoms with Crippen LogP contribution in [-0.4, -0.2) is 53.3 Å². The Morgan fingerprint density at radius 2 is 1.91 bits per heavy atom. The number of piperidine rings is 1. The first-order valence-electron chi connectivity index (χ1n) is 11.8. The number of ether oxygens (including phenoxy) is 1. The van der Waals surface area contributed by atoms with Crippen molar-refractivity contribution in [2.75, 3.05) is 19.7 Å². The molecule has 4 rings (SSSR count). The van der Waals surface area contributed by atoms with Gasteiger partial charge in [0, 0.05) is 37.7 Å². The molecule has 1 amide bonds. The lowest BCUT2D eigenvalue weighted by molar-refractivity contribution is -0.126. The monoisotopic (exact) mass is 485 g/mol. The van der Waals surface area contributed by atoms with Crippen molar-refractivity contribution in [2.24, 2.45) is 5.92 Å². The first-order valence-corrected chi connectivity index (χ1v) is 13.2. The number of nitrogens with one attached hydrogen (secondary N) is 1. The van der Waals surface area contributed by atoms with Gasteiger partial charge in [-0.2, -0.15) is 4.31 Å². The van der Waals surface area contributed by atoms with Crippen LogP contribution in [0.3, 0.4) is 0 Å². The Morgan fingerprint density at radius 3 is 2.65 bits per heavy atom. The molecular weight excluding hydrogens is 454 g/mol. The first-order chi connectivity index (χ1) is 16.4. The van der Waals surface area contributed by atoms with E-state index in [4.69, 9.17) is 4.74 Å². The second kappa shape index (κ2) is 10.5. The van der Waals surface area contributed by atoms with Crippen LogP contribution in [0.4, 0.5) is 0 Å². The highest BCUT2D eigenvalue weighted by Gasteiger charge is 2.32. The molecule has 0 atom stereocenters. The third-order valence-electron chi connectivity index (χ3n) is 6.11. The zero-order valence-electron chi connectivity index (χ0n) is 19.6. The highest BCUT2D eigenvalue weighted by molar-refractivity contribution is 7.89. The van der Waals surface area contributed by atoms with Gasteiger partial charge in [0.05, 0.1) is 17.0 Å². The van der Waals surface area contributed by atoms with Crippen molar-refractivity contribution in [1.29, 1.82) is 0 Å². The molecule has 1 aliphatic rings. The molecule has 2 aromatic carbocycles. The standard InChI is InChI=1S/C24H31N5O4S/c1-3-13-29-22-10-9-20(16-21(22)26-27-29)34(31,32)28-14-11-18(12-15-28)24(30)25-17-19-7-5-6-8-23(19)33-4-2/h5-10,16,18H,3-4,11-15,17H2,1-2H3,(H,25,30). The topological polar surface area (TPSA) is 106 Å². The molecule has 1 fully saturated rings. The Bertz CT molecular complexity index is 1250. The van der Waals surface area contributed by atoms with Crippen molar-refractivity contribution in [3.63, 3.8) is 0 Å². The zero-order valence-corrected chi connectivity index (χ0v) is 20.4. The lowest BCUT2D eigenvalue weighted by Gasteiger charge is -2.30. The Balaban J connectivity index is 1.36. The van der Waals surface area contributed by atoms with Crippen molar-refractivity contribution < 1.29 is 17.9 Å². The molecule has 0 aliphatic carbocycles. The van der Waals surface area contributed by atoms with Crippen LogP contribution in [0.25, 0.3) is 11.0 Å². The molecule has 3 aromatic rings. The van der Waals surface area contributed by atoms with E-state index in [1.807, 2.05) is 31.2 Å². The molecule has 0 radical (unpaired) electrons. The fourth-order valence-electron chi connectivity index (χ4n) is 4.27. The van der Waals surface area contributed by atoms with Crippen LogP contribution in [0.5, 0.6) is 5.75 Å². The van der Waals surface area contributed by atoms with Gasteiger partial charge in [-0.3, -0.25) is 4.79 Å². The average molecular weight is 486 g/mol. The first kappa shape index (κ1) is 24.2. The van der Waals surface area contributed by atoms with Gasteiger partial charge in [-0.15, -0.1) is 5.10 Å². The molecule has 1 N–H and O–H groups in total. The number of aryl methyl sites for hydroxylation is 1. The average Bonchev–Trinajstić information content (AvgIpc) is 3.26. The maximum Gasteiger partial charge on any atom is 0.243 e. The van der Waals surface area contributed by atoms with Crippen molar-refractivity contribution >= 4 is 27.0 Å². The van der Waals surface area contributed by atoms with Gasteiger partial charge in [-0.1, -0.05) is 30.3 Å². The highest BCUT2D eigenvalue weighted by atomic mass is 32.2. The number of para-hydroxylation sites is 1. The molecule has 0 saturated carbocycles. The van der Waals surface area contributed by atoms with Crippen LogP contribution in [0.15, 0.2) is 47.4 Å². The van der Waals surface area contributed by atoms with Gasteiger partial charge in [0.2, 0.25) is 15.9 Å². The number of rotatable bonds is 9. The number of aromatic nitrogens is 3. The Morgan fingerprint density at radius 1 is 1.15 bits per heavy atom. The van der Waals surface area contributed by atoms with Crippen LogP contribution in [0.1, 0.15) is 38.7 Å². The molecule has 0 bridgehead atoms. The van der Waals surface area contributed by atoms with Gasteiger partial charge in [-0.25, -0.2) is 13.1 Å². The summed E-state index contributed by atoms with van der Waals surface area (Å²) < 4.78 is 35.3. The Hall–Kier alpha value is -2.98. The van der Waals surface area contributed by atoms with Crippen LogP contribution in [0, 0.1) is 5.92 Å². The fraction of sp³-hybridized carbons (Fsp3) is 0.458. The number of nitrogens with zero attached hydrogens (tertiary/aromatic N) is 4. The second-order valence-electron chi connectivity index (χ2n) is 8.40. The van der Waals surface area contributed by atoms with E-state index in [0.717, 1.165) is 29.8 Å². The minimum atomic E-state index is -3.66. The van der Waals surface area contributed by atoms with Crippen molar-refractivity contribution in [3.8, 4) is 5.75 Å². The zero-order chi connectivity index (χ0) is 24.1. The molecular formula is C24H31N5O4S. The number of hydrogen-bond acceptors (Lipinski definition) is 6. The SMILES string of the molecule is CCCn1nnc2cc(S(=O)(=O)N3CCC(C(=O)NCc4ccccc4OCC)CC3)ccc21. The lowest BCUT2D eigenvalue weighted by atomic mass is 9.97. The van der Waals surface area contributed by atoms with Gasteiger partial charge in [0.1, 0.15) is 11.3 Å². The highest BCUT2D eigenvalue weighted by Crippen LogP contribution is 2.26. The molecule has 1 aromatic heterocycles. The molecule has 182 valence electrons. The number of amides is 1. The van der Waals surface area contributed by atoms with Crippen molar-refractivity contribution in [3.05, 3.63) is 48.0 Å². The summed E-state index contributed by atoms with van der Waals surface area (Å²) in [4.78, 5) is 12.9. The molecule has 2 heterocycles. The van der Waals surface area contributed by atoms with Crippen LogP contribution in [0.2, 0.25) is 0 Å². The molecule has 10 heteroatoms. The summed E-state index contributed by atoms with van der Waals surface area (Å²) in [6, 6.07) is 12.6. The normalized spacial score (nSPS) is 15.5. The summed E-state index contributed by atoms with van der Waals surface area (Å²) in [7, 11) is -3.66. The smallest absolute Gasteiger partial charge is 0.243 e. The number of benzene rings is 2. The van der Waals surface area contributed by atoms with E-state index in [1.165, 1.54) is 4.31 Å². The summed E-state index contributed by atoms with van der Waals surface area (Å²) in [5.41, 5.74) is 2.31. The van der Waals surface area contributed by atoms with E-state index in [0.29, 0.717) is 44.6 Å². The predicted octanol–water partition coefficient (Wildman–Crippen LogP) is 2.96. The minimum Gasteiger partial charge on any atom is -0.494 e. The van der Waals surface area contributed by atoms with Crippen molar-refractivity contribution in [1.82, 2.24) is 24.6 Å². The molecule has 0 spiro atoms. The Labute approximate surface area is 200 Å². The summed E-state index contributed by atoms with van der Waals surface area (Å²) in [6.07, 6.45) is 1.88.